The minimum Gasteiger partial charge on any atom is -0.377 e. The van der Waals surface area contributed by atoms with Crippen LogP contribution in [0.25, 0.3) is 0 Å². The predicted octanol–water partition coefficient (Wildman–Crippen LogP) is 0.741. The number of hydrogen-bond acceptors (Lipinski definition) is 7. The van der Waals surface area contributed by atoms with Crippen molar-refractivity contribution in [2.24, 2.45) is 0 Å². The van der Waals surface area contributed by atoms with Gasteiger partial charge in [0.15, 0.2) is 0 Å². The van der Waals surface area contributed by atoms with Gasteiger partial charge in [0.2, 0.25) is 0 Å². The molecule has 4 heterocycles. The number of carbonyl (C=O) groups is 1. The minimum absolute atomic E-state index is 0.133. The largest absolute Gasteiger partial charge is 0.377 e. The van der Waals surface area contributed by atoms with Gasteiger partial charge in [0, 0.05) is 30.1 Å². The molecule has 1 unspecified atom stereocenters. The molecule has 2 aliphatic heterocycles. The maximum atomic E-state index is 13.2. The summed E-state index contributed by atoms with van der Waals surface area (Å²) in [7, 11) is 0. The number of aryl methyl sites for hydroxylation is 1. The minimum atomic E-state index is -0.578. The van der Waals surface area contributed by atoms with Crippen molar-refractivity contribution in [3.63, 3.8) is 0 Å². The van der Waals surface area contributed by atoms with Crippen LogP contribution < -0.4 is 5.56 Å². The molecule has 0 aromatic carbocycles. The number of hydrogen-bond donors (Lipinski definition) is 0. The van der Waals surface area contributed by atoms with Crippen LogP contribution in [0.3, 0.4) is 0 Å². The second-order valence-corrected chi connectivity index (χ2v) is 7.72. The van der Waals surface area contributed by atoms with Gasteiger partial charge in [-0.15, -0.1) is 0 Å². The molecule has 2 aromatic heterocycles. The van der Waals surface area contributed by atoms with E-state index >= 15 is 0 Å². The quantitative estimate of drug-likeness (QED) is 0.750. The lowest BCUT2D eigenvalue weighted by molar-refractivity contribution is -0.0884. The Labute approximate surface area is 168 Å². The first-order valence-corrected chi connectivity index (χ1v) is 9.83. The maximum absolute atomic E-state index is 13.2. The van der Waals surface area contributed by atoms with Crippen molar-refractivity contribution in [1.29, 1.82) is 0 Å². The van der Waals surface area contributed by atoms with E-state index in [1.165, 1.54) is 17.1 Å². The van der Waals surface area contributed by atoms with E-state index in [-0.39, 0.29) is 17.6 Å². The lowest BCUT2D eigenvalue weighted by Crippen LogP contribution is -2.47. The molecule has 0 N–H and O–H groups in total. The van der Waals surface area contributed by atoms with Crippen LogP contribution in [0.5, 0.6) is 0 Å². The first-order chi connectivity index (χ1) is 14.0. The Balaban J connectivity index is 1.50. The van der Waals surface area contributed by atoms with Crippen LogP contribution in [0.2, 0.25) is 0 Å². The fourth-order valence-corrected chi connectivity index (χ4v) is 3.95. The van der Waals surface area contributed by atoms with Crippen molar-refractivity contribution < 1.29 is 14.3 Å². The predicted molar refractivity (Wildman–Crippen MR) is 104 cm³/mol. The van der Waals surface area contributed by atoms with Crippen molar-refractivity contribution in [3.8, 4) is 0 Å². The van der Waals surface area contributed by atoms with Crippen LogP contribution in [0, 0.1) is 13.8 Å². The second-order valence-electron chi connectivity index (χ2n) is 7.72. The molecule has 2 aromatic rings. The van der Waals surface area contributed by atoms with Gasteiger partial charge in [-0.25, -0.2) is 14.6 Å². The molecule has 1 spiro atoms. The zero-order chi connectivity index (χ0) is 20.4. The molecular weight excluding hydrogens is 374 g/mol. The van der Waals surface area contributed by atoms with Gasteiger partial charge < -0.3 is 14.4 Å². The molecule has 0 radical (unpaired) electrons. The van der Waals surface area contributed by atoms with Gasteiger partial charge in [-0.3, -0.25) is 9.59 Å². The van der Waals surface area contributed by atoms with Gasteiger partial charge in [-0.2, -0.15) is 5.10 Å². The van der Waals surface area contributed by atoms with Gasteiger partial charge in [0.25, 0.3) is 11.5 Å². The normalized spacial score (nSPS) is 24.6. The Kier molecular flexibility index (Phi) is 5.42. The standard InChI is InChI=1S/C20H25N5O4/c1-14-15(2)21-13-22-18(14)19(27)24-8-9-28-12-20(11-24)6-5-16(29-20)10-25-17(26)4-3-7-23-25/h3-4,7,13,16H,5-6,8-12H2,1-2H3/t16?,20-/m0/s1. The highest BCUT2D eigenvalue weighted by Gasteiger charge is 2.44. The first-order valence-electron chi connectivity index (χ1n) is 9.83. The highest BCUT2D eigenvalue weighted by atomic mass is 16.6. The summed E-state index contributed by atoms with van der Waals surface area (Å²) in [6.07, 6.45) is 4.40. The summed E-state index contributed by atoms with van der Waals surface area (Å²) < 4.78 is 13.6. The number of amides is 1. The number of rotatable bonds is 3. The molecule has 2 aliphatic rings. The van der Waals surface area contributed by atoms with E-state index in [2.05, 4.69) is 15.1 Å². The van der Waals surface area contributed by atoms with Gasteiger partial charge in [0.05, 0.1) is 32.4 Å². The lowest BCUT2D eigenvalue weighted by atomic mass is 9.99. The van der Waals surface area contributed by atoms with Gasteiger partial charge in [-0.1, -0.05) is 0 Å². The van der Waals surface area contributed by atoms with E-state index in [0.29, 0.717) is 38.5 Å². The summed E-state index contributed by atoms with van der Waals surface area (Å²) in [5, 5.41) is 4.11. The summed E-state index contributed by atoms with van der Waals surface area (Å²) in [5.74, 6) is -0.133. The van der Waals surface area contributed by atoms with E-state index in [1.807, 2.05) is 13.8 Å². The third-order valence-electron chi connectivity index (χ3n) is 5.68. The average Bonchev–Trinajstić information content (AvgIpc) is 2.97. The zero-order valence-corrected chi connectivity index (χ0v) is 16.7. The number of ether oxygens (including phenoxy) is 2. The molecule has 0 aliphatic carbocycles. The topological polar surface area (TPSA) is 99.4 Å². The van der Waals surface area contributed by atoms with Crippen LogP contribution in [-0.4, -0.2) is 68.6 Å². The van der Waals surface area contributed by atoms with Crippen molar-refractivity contribution in [2.75, 3.05) is 26.3 Å². The highest BCUT2D eigenvalue weighted by molar-refractivity contribution is 5.93. The number of carbonyl (C=O) groups excluding carboxylic acids is 1. The molecule has 0 bridgehead atoms. The van der Waals surface area contributed by atoms with Gasteiger partial charge in [0.1, 0.15) is 17.6 Å². The van der Waals surface area contributed by atoms with Gasteiger partial charge in [-0.05, 0) is 32.8 Å². The lowest BCUT2D eigenvalue weighted by Gasteiger charge is -2.32. The molecule has 154 valence electrons. The third-order valence-corrected chi connectivity index (χ3v) is 5.68. The summed E-state index contributed by atoms with van der Waals surface area (Å²) in [5.41, 5.74) is 1.27. The molecule has 4 rings (SSSR count). The maximum Gasteiger partial charge on any atom is 0.273 e. The first kappa shape index (κ1) is 19.7. The number of aromatic nitrogens is 4. The smallest absolute Gasteiger partial charge is 0.273 e. The molecule has 0 saturated carbocycles. The molecule has 9 heteroatoms. The summed E-state index contributed by atoms with van der Waals surface area (Å²) >= 11 is 0. The van der Waals surface area contributed by atoms with Crippen molar-refractivity contribution in [1.82, 2.24) is 24.6 Å². The Morgan fingerprint density at radius 2 is 2.21 bits per heavy atom. The van der Waals surface area contributed by atoms with E-state index in [4.69, 9.17) is 9.47 Å². The Bertz CT molecular complexity index is 962. The Morgan fingerprint density at radius 1 is 1.34 bits per heavy atom. The SMILES string of the molecule is Cc1ncnc(C(=O)N2CCOC[C@]3(CCC(Cn4ncccc4=O)O3)C2)c1C. The molecule has 2 saturated heterocycles. The second kappa shape index (κ2) is 8.00. The molecule has 2 fully saturated rings. The van der Waals surface area contributed by atoms with Gasteiger partial charge >= 0.3 is 0 Å². The van der Waals surface area contributed by atoms with Crippen molar-refractivity contribution in [3.05, 3.63) is 52.0 Å². The van der Waals surface area contributed by atoms with E-state index in [1.54, 1.807) is 17.2 Å². The molecule has 2 atom stereocenters. The van der Waals surface area contributed by atoms with Crippen LogP contribution in [-0.2, 0) is 16.0 Å². The Hall–Kier alpha value is -2.65. The molecule has 1 amide bonds. The zero-order valence-electron chi connectivity index (χ0n) is 16.7. The highest BCUT2D eigenvalue weighted by Crippen LogP contribution is 2.34. The van der Waals surface area contributed by atoms with Crippen LogP contribution in [0.15, 0.2) is 29.5 Å². The fourth-order valence-electron chi connectivity index (χ4n) is 3.95. The Morgan fingerprint density at radius 3 is 3.03 bits per heavy atom. The van der Waals surface area contributed by atoms with E-state index in [9.17, 15) is 9.59 Å². The summed E-state index contributed by atoms with van der Waals surface area (Å²) in [4.78, 5) is 35.2. The monoisotopic (exact) mass is 399 g/mol. The van der Waals surface area contributed by atoms with E-state index in [0.717, 1.165) is 24.1 Å². The van der Waals surface area contributed by atoms with Crippen LogP contribution >= 0.6 is 0 Å². The average molecular weight is 399 g/mol. The molecular formula is C20H25N5O4. The number of nitrogens with zero attached hydrogens (tertiary/aromatic N) is 5. The summed E-state index contributed by atoms with van der Waals surface area (Å²) in [6, 6.07) is 3.11. The van der Waals surface area contributed by atoms with Crippen LogP contribution in [0.1, 0.15) is 34.6 Å². The van der Waals surface area contributed by atoms with Crippen molar-refractivity contribution >= 4 is 5.91 Å². The van der Waals surface area contributed by atoms with Crippen molar-refractivity contribution in [2.45, 2.75) is 44.9 Å². The fraction of sp³-hybridized carbons (Fsp3) is 0.550. The summed E-state index contributed by atoms with van der Waals surface area (Å²) in [6.45, 7) is 5.90. The molecule has 9 nitrogen and oxygen atoms in total. The van der Waals surface area contributed by atoms with E-state index < -0.39 is 5.60 Å². The third kappa shape index (κ3) is 4.06. The van der Waals surface area contributed by atoms with Crippen LogP contribution in [0.4, 0.5) is 0 Å². The molecule has 29 heavy (non-hydrogen) atoms.